The molecule has 0 aromatic carbocycles. The van der Waals surface area contributed by atoms with E-state index in [9.17, 15) is 9.59 Å². The van der Waals surface area contributed by atoms with Crippen LogP contribution in [-0.2, 0) is 4.74 Å². The largest absolute Gasteiger partial charge is 0.446 e. The van der Waals surface area contributed by atoms with E-state index in [-0.39, 0.29) is 23.7 Å². The molecule has 0 bridgehead atoms. The van der Waals surface area contributed by atoms with Crippen molar-refractivity contribution in [3.8, 4) is 0 Å². The van der Waals surface area contributed by atoms with Gasteiger partial charge in [-0.2, -0.15) is 4.98 Å². The maximum Gasteiger partial charge on any atom is 0.404 e. The first-order valence-corrected chi connectivity index (χ1v) is 9.93. The number of aromatic nitrogens is 2. The van der Waals surface area contributed by atoms with E-state index in [4.69, 9.17) is 16.2 Å². The van der Waals surface area contributed by atoms with Gasteiger partial charge in [0.15, 0.2) is 0 Å². The Bertz CT molecular complexity index is 691. The first-order chi connectivity index (χ1) is 12.9. The Balaban J connectivity index is 1.44. The van der Waals surface area contributed by atoms with E-state index >= 15 is 0 Å². The van der Waals surface area contributed by atoms with Crippen LogP contribution in [0.25, 0.3) is 0 Å². The lowest BCUT2D eigenvalue weighted by Gasteiger charge is -2.37. The molecule has 4 N–H and O–H groups in total. The van der Waals surface area contributed by atoms with Crippen molar-refractivity contribution in [3.63, 3.8) is 0 Å². The number of anilines is 1. The van der Waals surface area contributed by atoms with Gasteiger partial charge in [0.2, 0.25) is 0 Å². The van der Waals surface area contributed by atoms with Crippen molar-refractivity contribution >= 4 is 11.9 Å². The van der Waals surface area contributed by atoms with E-state index in [0.29, 0.717) is 12.0 Å². The van der Waals surface area contributed by atoms with Gasteiger partial charge >= 0.3 is 11.8 Å². The molecule has 1 amide bonds. The van der Waals surface area contributed by atoms with Gasteiger partial charge in [0, 0.05) is 24.8 Å². The Morgan fingerprint density at radius 2 is 1.89 bits per heavy atom. The number of hydrogen-bond donors (Lipinski definition) is 2. The number of ether oxygens (including phenoxy) is 1. The number of primary amides is 1. The summed E-state index contributed by atoms with van der Waals surface area (Å²) < 4.78 is 6.85. The molecule has 0 radical (unpaired) electrons. The number of carbonyl (C=O) groups excluding carboxylic acids is 1. The summed E-state index contributed by atoms with van der Waals surface area (Å²) in [7, 11) is 2.19. The Morgan fingerprint density at radius 1 is 1.22 bits per heavy atom. The maximum atomic E-state index is 12.0. The Morgan fingerprint density at radius 3 is 2.48 bits per heavy atom. The molecule has 8 heteroatoms. The van der Waals surface area contributed by atoms with E-state index in [0.717, 1.165) is 57.9 Å². The van der Waals surface area contributed by atoms with Gasteiger partial charge in [-0.1, -0.05) is 0 Å². The molecule has 2 aliphatic rings. The highest BCUT2D eigenvalue weighted by Gasteiger charge is 2.29. The highest BCUT2D eigenvalue weighted by Crippen LogP contribution is 2.33. The predicted molar refractivity (Wildman–Crippen MR) is 103 cm³/mol. The third kappa shape index (κ3) is 5.22. The van der Waals surface area contributed by atoms with Gasteiger partial charge in [-0.25, -0.2) is 9.59 Å². The van der Waals surface area contributed by atoms with Gasteiger partial charge in [-0.05, 0) is 70.4 Å². The minimum atomic E-state index is -0.668. The topological polar surface area (TPSA) is 116 Å². The smallest absolute Gasteiger partial charge is 0.404 e. The minimum absolute atomic E-state index is 0.0191. The quantitative estimate of drug-likeness (QED) is 0.809. The maximum absolute atomic E-state index is 12.0. The van der Waals surface area contributed by atoms with Crippen molar-refractivity contribution in [3.05, 3.63) is 22.7 Å². The van der Waals surface area contributed by atoms with Crippen LogP contribution in [0.3, 0.4) is 0 Å². The van der Waals surface area contributed by atoms with Crippen LogP contribution in [0, 0.1) is 5.92 Å². The highest BCUT2D eigenvalue weighted by atomic mass is 16.6. The molecule has 0 atom stereocenters. The fourth-order valence-electron chi connectivity index (χ4n) is 4.63. The zero-order chi connectivity index (χ0) is 19.4. The number of nitrogens with zero attached hydrogens (tertiary/aromatic N) is 3. The summed E-state index contributed by atoms with van der Waals surface area (Å²) in [5, 5.41) is 0. The minimum Gasteiger partial charge on any atom is -0.446 e. The molecule has 0 saturated heterocycles. The molecule has 1 aromatic rings. The first-order valence-electron chi connectivity index (χ1n) is 9.93. The summed E-state index contributed by atoms with van der Waals surface area (Å²) in [4.78, 5) is 29.2. The van der Waals surface area contributed by atoms with Crippen LogP contribution >= 0.6 is 0 Å². The molecule has 3 rings (SSSR count). The van der Waals surface area contributed by atoms with Crippen molar-refractivity contribution in [1.82, 2.24) is 14.5 Å². The van der Waals surface area contributed by atoms with E-state index in [1.807, 2.05) is 0 Å². The van der Waals surface area contributed by atoms with Crippen LogP contribution in [0.2, 0.25) is 0 Å². The lowest BCUT2D eigenvalue weighted by molar-refractivity contribution is 0.0529. The second-order valence-corrected chi connectivity index (χ2v) is 8.02. The summed E-state index contributed by atoms with van der Waals surface area (Å²) >= 11 is 0. The Hall–Kier alpha value is -2.09. The number of rotatable bonds is 5. The van der Waals surface area contributed by atoms with Gasteiger partial charge in [0.1, 0.15) is 11.9 Å². The third-order valence-electron chi connectivity index (χ3n) is 6.16. The highest BCUT2D eigenvalue weighted by molar-refractivity contribution is 5.64. The van der Waals surface area contributed by atoms with Crippen LogP contribution in [0.15, 0.2) is 17.1 Å². The lowest BCUT2D eigenvalue weighted by Crippen LogP contribution is -2.41. The SMILES string of the molecule is CN(C[C@H]1CC[C@H](n2ccc(N)nc2=O)CC1)[C@H]1CC[C@H](OC(N)=O)CC1. The third-order valence-corrected chi connectivity index (χ3v) is 6.16. The van der Waals surface area contributed by atoms with Crippen molar-refractivity contribution in [1.29, 1.82) is 0 Å². The second-order valence-electron chi connectivity index (χ2n) is 8.02. The summed E-state index contributed by atoms with van der Waals surface area (Å²) in [5.41, 5.74) is 10.4. The number of nitrogens with two attached hydrogens (primary N) is 2. The van der Waals surface area contributed by atoms with E-state index in [2.05, 4.69) is 16.9 Å². The van der Waals surface area contributed by atoms with Gasteiger partial charge < -0.3 is 21.1 Å². The van der Waals surface area contributed by atoms with Crippen LogP contribution in [0.5, 0.6) is 0 Å². The van der Waals surface area contributed by atoms with Crippen molar-refractivity contribution in [2.75, 3.05) is 19.3 Å². The molecule has 0 aliphatic heterocycles. The zero-order valence-corrected chi connectivity index (χ0v) is 16.0. The van der Waals surface area contributed by atoms with Gasteiger partial charge in [0.05, 0.1) is 0 Å². The average Bonchev–Trinajstić information content (AvgIpc) is 2.63. The number of carbonyl (C=O) groups is 1. The fourth-order valence-corrected chi connectivity index (χ4v) is 4.63. The molecule has 2 aliphatic carbocycles. The van der Waals surface area contributed by atoms with Gasteiger partial charge in [-0.15, -0.1) is 0 Å². The van der Waals surface area contributed by atoms with Crippen LogP contribution in [-0.4, -0.2) is 46.3 Å². The fraction of sp³-hybridized carbons (Fsp3) is 0.737. The summed E-state index contributed by atoms with van der Waals surface area (Å²) in [6, 6.07) is 2.47. The molecule has 1 aromatic heterocycles. The van der Waals surface area contributed by atoms with Crippen LogP contribution < -0.4 is 17.2 Å². The molecule has 0 unspecified atom stereocenters. The van der Waals surface area contributed by atoms with E-state index < -0.39 is 6.09 Å². The summed E-state index contributed by atoms with van der Waals surface area (Å²) in [6.07, 6.45) is 9.18. The summed E-state index contributed by atoms with van der Waals surface area (Å²) in [5.74, 6) is 0.936. The number of hydrogen-bond acceptors (Lipinski definition) is 6. The molecule has 8 nitrogen and oxygen atoms in total. The van der Waals surface area contributed by atoms with E-state index in [1.54, 1.807) is 16.8 Å². The monoisotopic (exact) mass is 377 g/mol. The van der Waals surface area contributed by atoms with Crippen molar-refractivity contribution in [2.24, 2.45) is 11.7 Å². The van der Waals surface area contributed by atoms with Crippen LogP contribution in [0.1, 0.15) is 57.4 Å². The lowest BCUT2D eigenvalue weighted by atomic mass is 9.84. The van der Waals surface area contributed by atoms with Crippen LogP contribution in [0.4, 0.5) is 10.6 Å². The molecular weight excluding hydrogens is 346 g/mol. The normalized spacial score (nSPS) is 28.8. The Labute approximate surface area is 159 Å². The summed E-state index contributed by atoms with van der Waals surface area (Å²) in [6.45, 7) is 1.08. The molecule has 0 spiro atoms. The van der Waals surface area contributed by atoms with Gasteiger partial charge in [-0.3, -0.25) is 4.57 Å². The number of amides is 1. The van der Waals surface area contributed by atoms with Crippen molar-refractivity contribution in [2.45, 2.75) is 69.6 Å². The number of nitrogen functional groups attached to an aromatic ring is 1. The molecule has 2 saturated carbocycles. The van der Waals surface area contributed by atoms with E-state index in [1.165, 1.54) is 0 Å². The Kier molecular flexibility index (Phi) is 6.36. The van der Waals surface area contributed by atoms with Gasteiger partial charge in [0.25, 0.3) is 0 Å². The first kappa shape index (κ1) is 19.7. The molecule has 27 heavy (non-hydrogen) atoms. The molecule has 150 valence electrons. The standard InChI is InChI=1S/C19H31N5O3/c1-23(14-6-8-16(9-7-14)27-18(21)25)12-13-2-4-15(5-3-13)24-11-10-17(20)22-19(24)26/h10-11,13-16H,2-9,12H2,1H3,(H2,21,25)(H2,20,22,26)/t13-,14-,15-,16-. The van der Waals surface area contributed by atoms with Crippen molar-refractivity contribution < 1.29 is 9.53 Å². The second kappa shape index (κ2) is 8.73. The zero-order valence-electron chi connectivity index (χ0n) is 16.0. The molecule has 2 fully saturated rings. The molecule has 1 heterocycles. The average molecular weight is 377 g/mol. The molecular formula is C19H31N5O3. The predicted octanol–water partition coefficient (Wildman–Crippen LogP) is 1.90.